The van der Waals surface area contributed by atoms with Crippen molar-refractivity contribution in [1.82, 2.24) is 0 Å². The normalized spacial score (nSPS) is 29.4. The molecular weight excluding hydrogens is 316 g/mol. The molecule has 144 valence electrons. The van der Waals surface area contributed by atoms with Crippen LogP contribution in [0.25, 0.3) is 0 Å². The lowest BCUT2D eigenvalue weighted by molar-refractivity contribution is 0.314. The van der Waals surface area contributed by atoms with Crippen molar-refractivity contribution in [1.29, 1.82) is 0 Å². The summed E-state index contributed by atoms with van der Waals surface area (Å²) in [4.78, 5) is 0. The highest BCUT2D eigenvalue weighted by molar-refractivity contribution is 5.33. The Balaban J connectivity index is 2.29. The van der Waals surface area contributed by atoms with Gasteiger partial charge in [-0.25, -0.2) is 0 Å². The molecule has 0 bridgehead atoms. The number of rotatable bonds is 6. The van der Waals surface area contributed by atoms with Crippen molar-refractivity contribution >= 4 is 0 Å². The van der Waals surface area contributed by atoms with Gasteiger partial charge >= 0.3 is 0 Å². The Morgan fingerprint density at radius 1 is 0.654 bits per heavy atom. The maximum Gasteiger partial charge on any atom is 0.106 e. The van der Waals surface area contributed by atoms with Gasteiger partial charge in [0.2, 0.25) is 0 Å². The molecule has 2 nitrogen and oxygen atoms in total. The molecule has 2 aliphatic carbocycles. The molecule has 0 aliphatic heterocycles. The Bertz CT molecular complexity index is 587. The Kier molecular flexibility index (Phi) is 6.47. The van der Waals surface area contributed by atoms with Crippen molar-refractivity contribution in [2.24, 2.45) is 33.9 Å². The van der Waals surface area contributed by atoms with Crippen molar-refractivity contribution < 1.29 is 0 Å². The molecule has 0 aromatic heterocycles. The first kappa shape index (κ1) is 20.9. The van der Waals surface area contributed by atoms with Crippen LogP contribution in [-0.4, -0.2) is 11.1 Å². The van der Waals surface area contributed by atoms with E-state index in [1.54, 1.807) is 0 Å². The maximum atomic E-state index is 5.01. The van der Waals surface area contributed by atoms with Gasteiger partial charge in [-0.1, -0.05) is 91.8 Å². The van der Waals surface area contributed by atoms with Crippen molar-refractivity contribution in [3.05, 3.63) is 47.6 Å². The molecule has 2 aliphatic rings. The predicted molar refractivity (Wildman–Crippen MR) is 113 cm³/mol. The van der Waals surface area contributed by atoms with Crippen LogP contribution in [0.15, 0.2) is 57.8 Å². The van der Waals surface area contributed by atoms with Gasteiger partial charge in [0, 0.05) is 0 Å². The van der Waals surface area contributed by atoms with E-state index in [0.717, 1.165) is 12.8 Å². The van der Waals surface area contributed by atoms with E-state index in [9.17, 15) is 0 Å². The molecule has 0 saturated carbocycles. The Morgan fingerprint density at radius 2 is 1.00 bits per heavy atom. The molecule has 0 amide bonds. The summed E-state index contributed by atoms with van der Waals surface area (Å²) in [6.07, 6.45) is 15.7. The van der Waals surface area contributed by atoms with Crippen molar-refractivity contribution in [2.45, 2.75) is 79.3 Å². The largest absolute Gasteiger partial charge is 0.182 e. The topological polar surface area (TPSA) is 24.7 Å². The summed E-state index contributed by atoms with van der Waals surface area (Å²) in [5.41, 5.74) is 2.40. The third kappa shape index (κ3) is 4.27. The van der Waals surface area contributed by atoms with E-state index in [4.69, 9.17) is 10.2 Å². The lowest BCUT2D eigenvalue weighted by atomic mass is 9.77. The number of hydrogen-bond donors (Lipinski definition) is 0. The summed E-state index contributed by atoms with van der Waals surface area (Å²) >= 11 is 0. The molecule has 2 heteroatoms. The summed E-state index contributed by atoms with van der Waals surface area (Å²) in [7, 11) is 0. The zero-order valence-corrected chi connectivity index (χ0v) is 18.1. The molecule has 0 aromatic carbocycles. The standard InChI is InChI=1S/C24H38N2/c1-17(2)21-9-13-23(14-10-21,19(5)6)25-26-24(20(7)8)15-11-22(12-16-24)18(3)4/h9-13,15,17-20H,14,16H2,1-8H3. The molecule has 0 spiro atoms. The van der Waals surface area contributed by atoms with E-state index in [0.29, 0.717) is 23.7 Å². The summed E-state index contributed by atoms with van der Waals surface area (Å²) in [6.45, 7) is 18.0. The van der Waals surface area contributed by atoms with Crippen molar-refractivity contribution in [3.63, 3.8) is 0 Å². The number of hydrogen-bond acceptors (Lipinski definition) is 2. The zero-order valence-electron chi connectivity index (χ0n) is 18.1. The van der Waals surface area contributed by atoms with Crippen LogP contribution in [0.1, 0.15) is 68.2 Å². The number of nitrogens with zero attached hydrogens (tertiary/aromatic N) is 2. The summed E-state index contributed by atoms with van der Waals surface area (Å²) in [6, 6.07) is 0. The number of allylic oxidation sites excluding steroid dienone is 4. The minimum Gasteiger partial charge on any atom is -0.182 e. The van der Waals surface area contributed by atoms with E-state index < -0.39 is 0 Å². The fraction of sp³-hybridized carbons (Fsp3) is 0.667. The maximum absolute atomic E-state index is 5.01. The van der Waals surface area contributed by atoms with Crippen LogP contribution in [0.4, 0.5) is 0 Å². The van der Waals surface area contributed by atoms with E-state index in [1.807, 2.05) is 0 Å². The van der Waals surface area contributed by atoms with E-state index >= 15 is 0 Å². The monoisotopic (exact) mass is 354 g/mol. The van der Waals surface area contributed by atoms with Gasteiger partial charge in [0.1, 0.15) is 11.1 Å². The third-order valence-corrected chi connectivity index (χ3v) is 6.21. The SMILES string of the molecule is CC(C)C1=CCC(N=NC2(C(C)C)C=CC(C(C)C)=CC2)(C(C)C)C=C1. The van der Waals surface area contributed by atoms with Crippen LogP contribution in [0.5, 0.6) is 0 Å². The minimum absolute atomic E-state index is 0.212. The molecule has 0 aromatic rings. The minimum atomic E-state index is -0.212. The Labute approximate surface area is 161 Å². The quantitative estimate of drug-likeness (QED) is 0.447. The average Bonchev–Trinajstić information content (AvgIpc) is 2.60. The van der Waals surface area contributed by atoms with Gasteiger partial charge in [0.25, 0.3) is 0 Å². The highest BCUT2D eigenvalue weighted by Gasteiger charge is 2.37. The van der Waals surface area contributed by atoms with Crippen molar-refractivity contribution in [3.8, 4) is 0 Å². The van der Waals surface area contributed by atoms with Gasteiger partial charge in [-0.2, -0.15) is 10.2 Å². The second-order valence-electron chi connectivity index (χ2n) is 9.28. The fourth-order valence-corrected chi connectivity index (χ4v) is 3.59. The van der Waals surface area contributed by atoms with E-state index in [2.05, 4.69) is 91.8 Å². The van der Waals surface area contributed by atoms with Crippen molar-refractivity contribution in [2.75, 3.05) is 0 Å². The van der Waals surface area contributed by atoms with Gasteiger partial charge in [0.15, 0.2) is 0 Å². The van der Waals surface area contributed by atoms with Gasteiger partial charge in [-0.15, -0.1) is 0 Å². The molecule has 0 N–H and O–H groups in total. The zero-order chi connectivity index (χ0) is 19.5. The second-order valence-corrected chi connectivity index (χ2v) is 9.28. The van der Waals surface area contributed by atoms with Gasteiger partial charge in [0.05, 0.1) is 0 Å². The third-order valence-electron chi connectivity index (χ3n) is 6.21. The molecule has 26 heavy (non-hydrogen) atoms. The summed E-state index contributed by atoms with van der Waals surface area (Å²) in [5.74, 6) is 1.98. The molecule has 0 radical (unpaired) electrons. The summed E-state index contributed by atoms with van der Waals surface area (Å²) in [5, 5.41) is 10.0. The Morgan fingerprint density at radius 3 is 1.19 bits per heavy atom. The average molecular weight is 355 g/mol. The van der Waals surface area contributed by atoms with E-state index in [-0.39, 0.29) is 11.1 Å². The van der Waals surface area contributed by atoms with Gasteiger partial charge < -0.3 is 0 Å². The first-order valence-electron chi connectivity index (χ1n) is 10.3. The highest BCUT2D eigenvalue weighted by Crippen LogP contribution is 2.39. The summed E-state index contributed by atoms with van der Waals surface area (Å²) < 4.78 is 0. The predicted octanol–water partition coefficient (Wildman–Crippen LogP) is 7.31. The number of azo groups is 1. The van der Waals surface area contributed by atoms with Crippen LogP contribution in [-0.2, 0) is 0 Å². The van der Waals surface area contributed by atoms with Crippen LogP contribution in [0, 0.1) is 23.7 Å². The second kappa shape index (κ2) is 8.06. The molecule has 2 rings (SSSR count). The van der Waals surface area contributed by atoms with Crippen LogP contribution in [0.3, 0.4) is 0 Å². The first-order chi connectivity index (χ1) is 12.1. The van der Waals surface area contributed by atoms with Gasteiger partial charge in [-0.3, -0.25) is 0 Å². The smallest absolute Gasteiger partial charge is 0.106 e. The van der Waals surface area contributed by atoms with Crippen LogP contribution >= 0.6 is 0 Å². The van der Waals surface area contributed by atoms with Crippen LogP contribution in [0.2, 0.25) is 0 Å². The molecular formula is C24H38N2. The lowest BCUT2D eigenvalue weighted by Gasteiger charge is -2.36. The van der Waals surface area contributed by atoms with Gasteiger partial charge in [-0.05, 0) is 47.7 Å². The molecule has 0 saturated heterocycles. The first-order valence-corrected chi connectivity index (χ1v) is 10.3. The molecule has 0 fully saturated rings. The van der Waals surface area contributed by atoms with E-state index in [1.165, 1.54) is 11.1 Å². The fourth-order valence-electron chi connectivity index (χ4n) is 3.59. The lowest BCUT2D eigenvalue weighted by Crippen LogP contribution is -2.35. The molecule has 2 atom stereocenters. The molecule has 0 heterocycles. The highest BCUT2D eigenvalue weighted by atomic mass is 15.2. The molecule has 2 unspecified atom stereocenters. The Hall–Kier alpha value is -1.44. The van der Waals surface area contributed by atoms with Crippen LogP contribution < -0.4 is 0 Å².